The van der Waals surface area contributed by atoms with Gasteiger partial charge in [-0.05, 0) is 43.2 Å². The second-order valence-electron chi connectivity index (χ2n) is 4.82. The number of alkyl carbamates (subject to hydrolysis) is 1. The van der Waals surface area contributed by atoms with E-state index in [1.54, 1.807) is 11.3 Å². The van der Waals surface area contributed by atoms with Crippen LogP contribution in [-0.4, -0.2) is 30.0 Å². The maximum Gasteiger partial charge on any atom is 0.407 e. The topological polar surface area (TPSA) is 58.6 Å². The molecule has 4 nitrogen and oxygen atoms in total. The predicted octanol–water partition coefficient (Wildman–Crippen LogP) is 2.35. The average Bonchev–Trinajstić information content (AvgIpc) is 2.69. The van der Waals surface area contributed by atoms with Crippen molar-refractivity contribution in [1.82, 2.24) is 5.32 Å². The summed E-state index contributed by atoms with van der Waals surface area (Å²) in [7, 11) is 0. The van der Waals surface area contributed by atoms with Crippen LogP contribution in [0, 0.1) is 0 Å². The van der Waals surface area contributed by atoms with Crippen molar-refractivity contribution in [2.24, 2.45) is 0 Å². The summed E-state index contributed by atoms with van der Waals surface area (Å²) in [6.07, 6.45) is -0.453. The molecule has 1 amide bonds. The van der Waals surface area contributed by atoms with E-state index in [0.29, 0.717) is 6.54 Å². The highest BCUT2D eigenvalue weighted by Gasteiger charge is 2.18. The zero-order valence-corrected chi connectivity index (χ0v) is 11.2. The molecule has 1 atom stereocenters. The molecule has 1 rings (SSSR count). The Bertz CT molecular complexity index is 343. The maximum atomic E-state index is 11.4. The molecule has 1 heterocycles. The Hall–Kier alpha value is -1.07. The van der Waals surface area contributed by atoms with Gasteiger partial charge in [-0.2, -0.15) is 11.3 Å². The van der Waals surface area contributed by atoms with Crippen molar-refractivity contribution in [3.63, 3.8) is 0 Å². The third-order valence-electron chi connectivity index (χ3n) is 2.13. The van der Waals surface area contributed by atoms with Gasteiger partial charge in [-0.15, -0.1) is 0 Å². The minimum absolute atomic E-state index is 0.00648. The van der Waals surface area contributed by atoms with E-state index in [1.807, 2.05) is 37.6 Å². The van der Waals surface area contributed by atoms with Crippen molar-refractivity contribution in [1.29, 1.82) is 0 Å². The molecule has 17 heavy (non-hydrogen) atoms. The van der Waals surface area contributed by atoms with Crippen LogP contribution in [0.15, 0.2) is 16.8 Å². The lowest BCUT2D eigenvalue weighted by Crippen LogP contribution is -2.35. The third-order valence-corrected chi connectivity index (χ3v) is 2.83. The molecule has 0 saturated carbocycles. The molecule has 5 heteroatoms. The smallest absolute Gasteiger partial charge is 0.407 e. The fraction of sp³-hybridized carbons (Fsp3) is 0.583. The number of rotatable bonds is 4. The SMILES string of the molecule is CC(C)(C)OC(=O)NCC(CO)c1ccsc1. The van der Waals surface area contributed by atoms with Crippen molar-refractivity contribution in [3.05, 3.63) is 22.4 Å². The second-order valence-corrected chi connectivity index (χ2v) is 5.60. The zero-order valence-electron chi connectivity index (χ0n) is 10.4. The number of nitrogens with one attached hydrogen (secondary N) is 1. The van der Waals surface area contributed by atoms with Crippen LogP contribution in [0.25, 0.3) is 0 Å². The lowest BCUT2D eigenvalue weighted by Gasteiger charge is -2.21. The van der Waals surface area contributed by atoms with E-state index in [-0.39, 0.29) is 12.5 Å². The number of hydrogen-bond donors (Lipinski definition) is 2. The molecule has 1 aromatic heterocycles. The van der Waals surface area contributed by atoms with Crippen LogP contribution < -0.4 is 5.32 Å². The van der Waals surface area contributed by atoms with Crippen molar-refractivity contribution in [2.75, 3.05) is 13.2 Å². The maximum absolute atomic E-state index is 11.4. The molecule has 0 radical (unpaired) electrons. The molecule has 2 N–H and O–H groups in total. The van der Waals surface area contributed by atoms with Gasteiger partial charge < -0.3 is 15.2 Å². The monoisotopic (exact) mass is 257 g/mol. The van der Waals surface area contributed by atoms with Crippen LogP contribution in [0.1, 0.15) is 32.3 Å². The summed E-state index contributed by atoms with van der Waals surface area (Å²) in [5, 5.41) is 15.8. The quantitative estimate of drug-likeness (QED) is 0.870. The summed E-state index contributed by atoms with van der Waals surface area (Å²) in [5.74, 6) is -0.0752. The van der Waals surface area contributed by atoms with Crippen LogP contribution in [0.2, 0.25) is 0 Å². The number of thiophene rings is 1. The van der Waals surface area contributed by atoms with Crippen LogP contribution in [-0.2, 0) is 4.74 Å². The lowest BCUT2D eigenvalue weighted by molar-refractivity contribution is 0.0521. The number of carbonyl (C=O) groups is 1. The molecule has 1 aromatic rings. The third kappa shape index (κ3) is 5.19. The second kappa shape index (κ2) is 6.02. The molecule has 0 aliphatic rings. The predicted molar refractivity (Wildman–Crippen MR) is 68.4 cm³/mol. The van der Waals surface area contributed by atoms with E-state index in [0.717, 1.165) is 5.56 Å². The first-order chi connectivity index (χ1) is 7.92. The number of aliphatic hydroxyl groups is 1. The summed E-state index contributed by atoms with van der Waals surface area (Å²) in [6, 6.07) is 1.95. The molecule has 0 saturated heterocycles. The Morgan fingerprint density at radius 3 is 2.76 bits per heavy atom. The highest BCUT2D eigenvalue weighted by Crippen LogP contribution is 2.17. The van der Waals surface area contributed by atoms with Crippen molar-refractivity contribution < 1.29 is 14.6 Å². The number of aliphatic hydroxyl groups excluding tert-OH is 1. The average molecular weight is 257 g/mol. The Kier molecular flexibility index (Phi) is 4.96. The molecule has 0 aliphatic carbocycles. The highest BCUT2D eigenvalue weighted by molar-refractivity contribution is 7.07. The van der Waals surface area contributed by atoms with Gasteiger partial charge in [0.25, 0.3) is 0 Å². The molecule has 0 spiro atoms. The summed E-state index contributed by atoms with van der Waals surface area (Å²) >= 11 is 1.57. The van der Waals surface area contributed by atoms with Gasteiger partial charge >= 0.3 is 6.09 Å². The molecule has 0 fully saturated rings. The van der Waals surface area contributed by atoms with Crippen LogP contribution >= 0.6 is 11.3 Å². The molecular formula is C12H19NO3S. The van der Waals surface area contributed by atoms with Crippen LogP contribution in [0.5, 0.6) is 0 Å². The number of amides is 1. The van der Waals surface area contributed by atoms with E-state index in [2.05, 4.69) is 5.32 Å². The molecular weight excluding hydrogens is 238 g/mol. The summed E-state index contributed by atoms with van der Waals surface area (Å²) in [5.41, 5.74) is 0.537. The van der Waals surface area contributed by atoms with Gasteiger partial charge in [-0.1, -0.05) is 0 Å². The normalized spacial score (nSPS) is 13.2. The summed E-state index contributed by atoms with van der Waals surface area (Å²) in [6.45, 7) is 5.83. The minimum Gasteiger partial charge on any atom is -0.444 e. The molecule has 0 aliphatic heterocycles. The van der Waals surface area contributed by atoms with Gasteiger partial charge in [0.15, 0.2) is 0 Å². The Morgan fingerprint density at radius 1 is 1.59 bits per heavy atom. The van der Waals surface area contributed by atoms with E-state index < -0.39 is 11.7 Å². The Labute approximate surface area is 106 Å². The molecule has 0 bridgehead atoms. The van der Waals surface area contributed by atoms with Gasteiger partial charge in [0, 0.05) is 12.5 Å². The van der Waals surface area contributed by atoms with Gasteiger partial charge in [0.2, 0.25) is 0 Å². The molecule has 0 aromatic carbocycles. The van der Waals surface area contributed by atoms with E-state index in [1.165, 1.54) is 0 Å². The van der Waals surface area contributed by atoms with Gasteiger partial charge in [-0.25, -0.2) is 4.79 Å². The first-order valence-electron chi connectivity index (χ1n) is 5.52. The van der Waals surface area contributed by atoms with Gasteiger partial charge in [0.1, 0.15) is 5.60 Å². The lowest BCUT2D eigenvalue weighted by atomic mass is 10.0. The highest BCUT2D eigenvalue weighted by atomic mass is 32.1. The van der Waals surface area contributed by atoms with Crippen LogP contribution in [0.3, 0.4) is 0 Å². The van der Waals surface area contributed by atoms with Crippen molar-refractivity contribution >= 4 is 17.4 Å². The van der Waals surface area contributed by atoms with E-state index >= 15 is 0 Å². The number of ether oxygens (including phenoxy) is 1. The standard InChI is InChI=1S/C12H19NO3S/c1-12(2,3)16-11(15)13-6-10(7-14)9-4-5-17-8-9/h4-5,8,10,14H,6-7H2,1-3H3,(H,13,15). The molecule has 1 unspecified atom stereocenters. The number of carbonyl (C=O) groups excluding carboxylic acids is 1. The zero-order chi connectivity index (χ0) is 12.9. The van der Waals surface area contributed by atoms with Crippen LogP contribution in [0.4, 0.5) is 4.79 Å². The fourth-order valence-electron chi connectivity index (χ4n) is 1.32. The first kappa shape index (κ1) is 14.0. The Balaban J connectivity index is 2.41. The van der Waals surface area contributed by atoms with Gasteiger partial charge in [0.05, 0.1) is 6.61 Å². The van der Waals surface area contributed by atoms with Gasteiger partial charge in [-0.3, -0.25) is 0 Å². The number of hydrogen-bond acceptors (Lipinski definition) is 4. The minimum atomic E-state index is -0.499. The molecule has 96 valence electrons. The van der Waals surface area contributed by atoms with E-state index in [4.69, 9.17) is 4.74 Å². The summed E-state index contributed by atoms with van der Waals surface area (Å²) < 4.78 is 5.12. The van der Waals surface area contributed by atoms with E-state index in [9.17, 15) is 9.90 Å². The largest absolute Gasteiger partial charge is 0.444 e. The van der Waals surface area contributed by atoms with Crippen molar-refractivity contribution in [2.45, 2.75) is 32.3 Å². The fourth-order valence-corrected chi connectivity index (χ4v) is 2.06. The van der Waals surface area contributed by atoms with Crippen molar-refractivity contribution in [3.8, 4) is 0 Å². The first-order valence-corrected chi connectivity index (χ1v) is 6.46. The summed E-state index contributed by atoms with van der Waals surface area (Å²) in [4.78, 5) is 11.4. The Morgan fingerprint density at radius 2 is 2.29 bits per heavy atom.